The third-order valence-electron chi connectivity index (χ3n) is 40.4. The number of rotatable bonds is 16. The maximum absolute atomic E-state index is 13.8. The predicted octanol–water partition coefficient (Wildman–Crippen LogP) is 36.2. The highest BCUT2D eigenvalue weighted by atomic mass is 31.1. The molecule has 0 spiro atoms. The van der Waals surface area contributed by atoms with Crippen LogP contribution in [0.3, 0.4) is 0 Å². The maximum Gasteiger partial charge on any atom is 0.193 e. The van der Waals surface area contributed by atoms with Crippen LogP contribution in [-0.4, -0.2) is 120 Å². The molecule has 0 bridgehead atoms. The summed E-state index contributed by atoms with van der Waals surface area (Å²) in [6.07, 6.45) is 44.7. The molecule has 11 nitrogen and oxygen atoms in total. The van der Waals surface area contributed by atoms with Gasteiger partial charge in [0.15, 0.2) is 39.1 Å². The molecular weight excluding hydrogens is 1890 g/mol. The van der Waals surface area contributed by atoms with E-state index in [1.165, 1.54) is 172 Å². The first-order chi connectivity index (χ1) is 66.5. The van der Waals surface area contributed by atoms with Crippen LogP contribution in [0.25, 0.3) is 0 Å². The van der Waals surface area contributed by atoms with Crippen molar-refractivity contribution in [1.82, 2.24) is 0 Å². The highest BCUT2D eigenvalue weighted by Gasteiger charge is 2.57. The lowest BCUT2D eigenvalue weighted by molar-refractivity contribution is -0.135. The average molecular weight is 2120 g/mol. The summed E-state index contributed by atoms with van der Waals surface area (Å²) in [4.78, 5) is 25.6. The summed E-state index contributed by atoms with van der Waals surface area (Å²) in [6, 6.07) is 20.9. The molecule has 15 rings (SSSR count). The van der Waals surface area contributed by atoms with Crippen molar-refractivity contribution in [3.05, 3.63) is 188 Å². The third-order valence-corrected chi connectivity index (χ3v) is 60.3. The van der Waals surface area contributed by atoms with Crippen LogP contribution in [0.4, 0.5) is 0 Å². The maximum atomic E-state index is 13.8. The van der Waals surface area contributed by atoms with Gasteiger partial charge in [-0.1, -0.05) is 336 Å². The molecule has 2 aromatic rings. The second kappa shape index (κ2) is 51.5. The largest absolute Gasteiger partial charge is 0.410 e. The lowest BCUT2D eigenvalue weighted by Gasteiger charge is -2.47. The van der Waals surface area contributed by atoms with E-state index in [0.29, 0.717) is 94.9 Å². The molecule has 832 valence electrons. The second-order valence-corrected chi connectivity index (χ2v) is 76.7. The van der Waals surface area contributed by atoms with Gasteiger partial charge in [-0.2, -0.15) is 0 Å². The zero-order valence-corrected chi connectivity index (χ0v) is 103. The fourth-order valence-electron chi connectivity index (χ4n) is 28.0. The number of carbonyl (C=O) groups is 2. The van der Waals surface area contributed by atoms with E-state index in [4.69, 9.17) is 22.2 Å². The van der Waals surface area contributed by atoms with Crippen LogP contribution < -0.4 is 10.6 Å². The summed E-state index contributed by atoms with van der Waals surface area (Å²) >= 11 is 0. The molecule has 13 aliphatic rings. The first-order valence-electron chi connectivity index (χ1n) is 57.1. The number of benzene rings is 2. The van der Waals surface area contributed by atoms with Gasteiger partial charge in [0.05, 0.1) is 50.9 Å². The van der Waals surface area contributed by atoms with E-state index in [2.05, 4.69) is 324 Å². The van der Waals surface area contributed by atoms with Gasteiger partial charge in [-0.15, -0.1) is 0 Å². The molecule has 0 aliphatic heterocycles. The number of aliphatic hydroxyl groups is 4. The summed E-state index contributed by atoms with van der Waals surface area (Å²) in [5, 5.41) is 43.1. The molecule has 13 aliphatic carbocycles. The van der Waals surface area contributed by atoms with Gasteiger partial charge in [-0.05, 0) is 382 Å². The fraction of sp³-hybridized carbons (Fsp3) is 0.725. The van der Waals surface area contributed by atoms with Crippen LogP contribution in [0.1, 0.15) is 415 Å². The number of hydrogen-bond donors (Lipinski definition) is 4. The van der Waals surface area contributed by atoms with Crippen molar-refractivity contribution in [2.24, 2.45) is 68.5 Å². The van der Waals surface area contributed by atoms with E-state index in [-0.39, 0.29) is 71.9 Å². The number of allylic oxidation sites excluding steroid dienone is 14. The Hall–Kier alpha value is -4.14. The summed E-state index contributed by atoms with van der Waals surface area (Å²) < 4.78 is 34.1. The Labute approximate surface area is 908 Å². The lowest BCUT2D eigenvalue weighted by atomic mass is 9.59. The Balaban J connectivity index is 0.000000250. The lowest BCUT2D eigenvalue weighted by Crippen LogP contribution is -2.53. The molecule has 13 fully saturated rings. The highest BCUT2D eigenvalue weighted by Crippen LogP contribution is 2.64. The van der Waals surface area contributed by atoms with Crippen molar-refractivity contribution in [2.75, 3.05) is 6.61 Å². The SMILES string of the molecule is C.C.C.C=C1[C@H](O)CC(=C/C=C2\CCC[C@]3(C)C(=C(C)C)CC[C@@H]23)C[C@H]1O.C=C1[C@H](O[Si](C)(C)C(C)(C)C)CC(=C/C=C2\CCC[C@]3(C)C(=C(C)C)CC[C@@H]23)C[C@H]1O[Si](C)(C)C(C)(C)C.CC(C)(C)[Si](C)(C)O[C@H]1CC(=CCOP(c2ccccc2)c2ccccc2)C[C@@H](O[Si](C)(C)C(C)(C)C)C1=O.CC(C)=C1CC[C@H]2C(=O)CCC[C@]12C.CC(C)=C1CC[C@H]2[C@@H](O)CCC[C@]12C.C[C@H]1CCC[C@]2(C)[C@@H](C(C)(C)O)CC[C@@H]12. The fourth-order valence-corrected chi connectivity index (χ4v) is 34.8. The number of Topliss-reactive ketones (excluding diaryl/α,β-unsaturated/α-hetero) is 2. The van der Waals surface area contributed by atoms with Gasteiger partial charge in [-0.25, -0.2) is 0 Å². The van der Waals surface area contributed by atoms with Crippen molar-refractivity contribution < 1.29 is 52.2 Å². The molecule has 0 amide bonds. The van der Waals surface area contributed by atoms with Crippen LogP contribution in [-0.2, 0) is 31.8 Å². The van der Waals surface area contributed by atoms with Crippen LogP contribution >= 0.6 is 8.15 Å². The molecule has 0 radical (unpaired) electrons. The van der Waals surface area contributed by atoms with E-state index < -0.39 is 71.4 Å². The topological polar surface area (TPSA) is 161 Å². The summed E-state index contributed by atoms with van der Waals surface area (Å²) in [6.45, 7) is 91.1. The molecule has 147 heavy (non-hydrogen) atoms. The Morgan fingerprint density at radius 3 is 1.14 bits per heavy atom. The van der Waals surface area contributed by atoms with Gasteiger partial charge in [0, 0.05) is 35.8 Å². The Bertz CT molecular complexity index is 4900. The minimum Gasteiger partial charge on any atom is -0.410 e. The number of aliphatic hydroxyl groups excluding tert-OH is 3. The molecule has 0 heterocycles. The molecule has 0 saturated heterocycles. The van der Waals surface area contributed by atoms with Gasteiger partial charge in [0.2, 0.25) is 0 Å². The summed E-state index contributed by atoms with van der Waals surface area (Å²) in [7, 11) is -9.12. The number of ketones is 2. The second-order valence-electron chi connectivity index (χ2n) is 55.8. The Morgan fingerprint density at radius 2 is 0.748 bits per heavy atom. The zero-order chi connectivity index (χ0) is 107. The molecule has 4 N–H and O–H groups in total. The predicted molar refractivity (Wildman–Crippen MR) is 644 cm³/mol. The minimum atomic E-state index is -2.15. The van der Waals surface area contributed by atoms with Gasteiger partial charge in [-0.3, -0.25) is 9.59 Å². The monoisotopic (exact) mass is 2110 g/mol. The van der Waals surface area contributed by atoms with E-state index in [9.17, 15) is 30.0 Å². The normalized spacial score (nSPS) is 32.0. The van der Waals surface area contributed by atoms with Gasteiger partial charge < -0.3 is 42.7 Å². The van der Waals surface area contributed by atoms with Crippen molar-refractivity contribution in [1.29, 1.82) is 0 Å². The minimum absolute atomic E-state index is 0. The standard InChI is InChI=1S/C34H60O2Si2.C32H49O4PSi2.C22H32O2.C14H26O.C13H22O.C13H20O.3CH4/c1-24(2)28-19-20-29-27(16-15-21-34(28,29)10)18-17-26-22-30(35-37(11,12)32(4,5)6)25(3)31(23-26)36-38(13,14)33(7,8)9;1-31(2,3)38(7,8)35-28-23-25(24-29(30(28)33)36-39(9,10)32(4,5)6)21-22-34-37(26-17-13-11-14-18-26)27-19-15-12-16-20-27;1-14(2)18-9-10-19-17(6-5-11-22(18,19)4)8-7-16-12-20(23)15(3)21(24)13-16;1-10-6-5-9-14(4)11(10)7-8-12(14)13(2,3)15;2*1-9(2)10-6-7-11-12(14)5-4-8-13(10,11)3;;;/h17-18,29-31H,3,15-16,19-23H2,1-2,4-14H3;11-21,28-29H,22-24H2,1-10H3;7-8,19-21,23-24H,3,5-6,9-13H2,1-2,4H3;10-12,15H,5-9H2,1-4H3;11-12,14H,4-8H2,1-3H3;11H,4-8H2,1-3H3;3*1H4/b27-18+;;17-8+;;;;;;/t29-,30+,31+,34+;28-,29+;19-,20+,21+,22+;10-,11-,12+,14-;11-,12-,13+;11-,13+;;;/m0.0000.../s1. The molecule has 13 saturated carbocycles. The number of hydrogen-bond acceptors (Lipinski definition) is 11. The molecule has 2 aromatic carbocycles. The molecule has 0 unspecified atom stereocenters. The quantitative estimate of drug-likeness (QED) is 0.0719. The summed E-state index contributed by atoms with van der Waals surface area (Å²) in [5.74, 6) is 5.14. The van der Waals surface area contributed by atoms with E-state index >= 15 is 0 Å². The van der Waals surface area contributed by atoms with E-state index in [1.807, 2.05) is 26.0 Å². The third kappa shape index (κ3) is 30.5. The Morgan fingerprint density at radius 1 is 0.401 bits per heavy atom. The van der Waals surface area contributed by atoms with Crippen molar-refractivity contribution in [3.8, 4) is 0 Å². The van der Waals surface area contributed by atoms with Crippen molar-refractivity contribution in [2.45, 2.75) is 536 Å². The summed E-state index contributed by atoms with van der Waals surface area (Å²) in [5.41, 5.74) is 22.6. The van der Waals surface area contributed by atoms with Crippen LogP contribution in [0.5, 0.6) is 0 Å². The van der Waals surface area contributed by atoms with Crippen LogP contribution in [0, 0.1) is 68.5 Å². The van der Waals surface area contributed by atoms with Gasteiger partial charge in [0.25, 0.3) is 0 Å². The Kier molecular flexibility index (Phi) is 45.4. The van der Waals surface area contributed by atoms with E-state index in [0.717, 1.165) is 62.4 Å². The van der Waals surface area contributed by atoms with Crippen molar-refractivity contribution >= 4 is 63.6 Å². The highest BCUT2D eigenvalue weighted by molar-refractivity contribution is 7.68. The molecule has 16 heteroatoms. The first-order valence-corrected chi connectivity index (χ1v) is 70.0. The smallest absolute Gasteiger partial charge is 0.193 e. The number of fused-ring (bicyclic) bond motifs is 5. The van der Waals surface area contributed by atoms with Crippen LogP contribution in [0.2, 0.25) is 72.5 Å². The van der Waals surface area contributed by atoms with Crippen LogP contribution in [0.15, 0.2) is 188 Å². The van der Waals surface area contributed by atoms with Gasteiger partial charge >= 0.3 is 0 Å². The molecule has 0 aromatic heterocycles. The molecular formula is C131H221O11PSi4. The molecule has 19 atom stereocenters. The van der Waals surface area contributed by atoms with Gasteiger partial charge in [0.1, 0.15) is 18.0 Å². The number of carbonyl (C=O) groups excluding carboxylic acids is 2. The zero-order valence-electron chi connectivity index (χ0n) is 98.4. The first kappa shape index (κ1) is 130. The average Bonchev–Trinajstić information content (AvgIpc) is 1.50. The van der Waals surface area contributed by atoms with E-state index in [1.54, 1.807) is 39.0 Å². The van der Waals surface area contributed by atoms with Crippen molar-refractivity contribution in [3.63, 3.8) is 0 Å².